The van der Waals surface area contributed by atoms with Crippen LogP contribution in [0.2, 0.25) is 0 Å². The molecule has 19 heavy (non-hydrogen) atoms. The molecule has 2 rings (SSSR count). The topological polar surface area (TPSA) is 62.3 Å². The van der Waals surface area contributed by atoms with Gasteiger partial charge >= 0.3 is 0 Å². The second kappa shape index (κ2) is 6.31. The molecular formula is C14H19N3O2. The number of nitrogens with one attached hydrogen (secondary N) is 1. The molecule has 1 fully saturated rings. The highest BCUT2D eigenvalue weighted by molar-refractivity contribution is 5.93. The van der Waals surface area contributed by atoms with E-state index < -0.39 is 0 Å². The molecule has 0 aromatic carbocycles. The molecule has 1 aromatic rings. The predicted octanol–water partition coefficient (Wildman–Crippen LogP) is 1.07. The molecule has 0 aliphatic carbocycles. The molecule has 1 N–H and O–H groups in total. The molecule has 0 spiro atoms. The quantitative estimate of drug-likeness (QED) is 0.885. The van der Waals surface area contributed by atoms with Gasteiger partial charge in [-0.3, -0.25) is 14.6 Å². The molecule has 1 aliphatic rings. The van der Waals surface area contributed by atoms with Crippen molar-refractivity contribution in [1.82, 2.24) is 15.2 Å². The van der Waals surface area contributed by atoms with Crippen LogP contribution in [-0.2, 0) is 4.79 Å². The lowest BCUT2D eigenvalue weighted by atomic mass is 9.96. The zero-order chi connectivity index (χ0) is 13.7. The van der Waals surface area contributed by atoms with E-state index in [0.29, 0.717) is 18.0 Å². The largest absolute Gasteiger partial charge is 0.356 e. The van der Waals surface area contributed by atoms with E-state index in [4.69, 9.17) is 0 Å². The van der Waals surface area contributed by atoms with Gasteiger partial charge in [0.1, 0.15) is 0 Å². The maximum Gasteiger partial charge on any atom is 0.255 e. The molecular weight excluding hydrogens is 242 g/mol. The summed E-state index contributed by atoms with van der Waals surface area (Å²) in [5.41, 5.74) is 0.641. The van der Waals surface area contributed by atoms with Gasteiger partial charge in [0.25, 0.3) is 5.91 Å². The maximum atomic E-state index is 12.2. The molecule has 0 atom stereocenters. The summed E-state index contributed by atoms with van der Waals surface area (Å²) in [7, 11) is 0. The Balaban J connectivity index is 1.83. The lowest BCUT2D eigenvalue weighted by Crippen LogP contribution is -2.41. The molecule has 0 unspecified atom stereocenters. The Hall–Kier alpha value is -1.91. The summed E-state index contributed by atoms with van der Waals surface area (Å²) >= 11 is 0. The van der Waals surface area contributed by atoms with E-state index >= 15 is 0 Å². The third-order valence-electron chi connectivity index (χ3n) is 3.45. The number of rotatable bonds is 3. The number of piperidine rings is 1. The van der Waals surface area contributed by atoms with Crippen molar-refractivity contribution in [2.75, 3.05) is 19.6 Å². The fraction of sp³-hybridized carbons (Fsp3) is 0.500. The van der Waals surface area contributed by atoms with E-state index in [2.05, 4.69) is 10.3 Å². The average molecular weight is 261 g/mol. The van der Waals surface area contributed by atoms with E-state index in [-0.39, 0.29) is 11.8 Å². The number of hydrogen-bond acceptors (Lipinski definition) is 3. The number of amides is 2. The molecule has 102 valence electrons. The van der Waals surface area contributed by atoms with Gasteiger partial charge in [-0.1, -0.05) is 0 Å². The molecule has 5 nitrogen and oxygen atoms in total. The first-order chi connectivity index (χ1) is 9.16. The molecule has 1 saturated heterocycles. The molecule has 0 saturated carbocycles. The lowest BCUT2D eigenvalue weighted by Gasteiger charge is -2.32. The fourth-order valence-corrected chi connectivity index (χ4v) is 2.30. The molecule has 0 radical (unpaired) electrons. The Morgan fingerprint density at radius 3 is 2.74 bits per heavy atom. The molecule has 5 heteroatoms. The number of hydrogen-bond donors (Lipinski definition) is 1. The van der Waals surface area contributed by atoms with E-state index in [1.54, 1.807) is 24.5 Å². The van der Waals surface area contributed by atoms with Gasteiger partial charge in [0, 0.05) is 39.0 Å². The summed E-state index contributed by atoms with van der Waals surface area (Å²) in [6.45, 7) is 3.74. The SMILES string of the molecule is CC(=O)NCC1CCN(C(=O)c2cccnc2)CC1. The Morgan fingerprint density at radius 1 is 1.42 bits per heavy atom. The van der Waals surface area contributed by atoms with E-state index in [9.17, 15) is 9.59 Å². The van der Waals surface area contributed by atoms with Crippen LogP contribution in [0.3, 0.4) is 0 Å². The predicted molar refractivity (Wildman–Crippen MR) is 71.5 cm³/mol. The lowest BCUT2D eigenvalue weighted by molar-refractivity contribution is -0.119. The zero-order valence-electron chi connectivity index (χ0n) is 11.1. The van der Waals surface area contributed by atoms with Crippen molar-refractivity contribution in [3.05, 3.63) is 30.1 Å². The first-order valence-electron chi connectivity index (χ1n) is 6.60. The van der Waals surface area contributed by atoms with Crippen molar-refractivity contribution in [2.24, 2.45) is 5.92 Å². The average Bonchev–Trinajstić information content (AvgIpc) is 2.46. The molecule has 1 aliphatic heterocycles. The monoisotopic (exact) mass is 261 g/mol. The summed E-state index contributed by atoms with van der Waals surface area (Å²) in [6.07, 6.45) is 5.14. The first-order valence-corrected chi connectivity index (χ1v) is 6.60. The summed E-state index contributed by atoms with van der Waals surface area (Å²) in [4.78, 5) is 28.9. The second-order valence-corrected chi connectivity index (χ2v) is 4.91. The van der Waals surface area contributed by atoms with Gasteiger partial charge in [-0.15, -0.1) is 0 Å². The van der Waals surface area contributed by atoms with Crippen LogP contribution >= 0.6 is 0 Å². The minimum Gasteiger partial charge on any atom is -0.356 e. The van der Waals surface area contributed by atoms with Crippen LogP contribution in [0.25, 0.3) is 0 Å². The summed E-state index contributed by atoms with van der Waals surface area (Å²) in [6, 6.07) is 3.56. The highest BCUT2D eigenvalue weighted by Crippen LogP contribution is 2.18. The summed E-state index contributed by atoms with van der Waals surface area (Å²) in [5.74, 6) is 0.529. The Labute approximate surface area is 113 Å². The van der Waals surface area contributed by atoms with Crippen LogP contribution < -0.4 is 5.32 Å². The number of pyridine rings is 1. The maximum absolute atomic E-state index is 12.2. The van der Waals surface area contributed by atoms with Crippen molar-refractivity contribution >= 4 is 11.8 Å². The van der Waals surface area contributed by atoms with Crippen molar-refractivity contribution in [3.8, 4) is 0 Å². The van der Waals surface area contributed by atoms with Gasteiger partial charge in [-0.25, -0.2) is 0 Å². The number of nitrogens with zero attached hydrogens (tertiary/aromatic N) is 2. The van der Waals surface area contributed by atoms with Crippen LogP contribution in [-0.4, -0.2) is 41.3 Å². The van der Waals surface area contributed by atoms with Crippen LogP contribution in [0.1, 0.15) is 30.1 Å². The van der Waals surface area contributed by atoms with Gasteiger partial charge in [-0.05, 0) is 30.9 Å². The van der Waals surface area contributed by atoms with E-state index in [1.165, 1.54) is 6.92 Å². The molecule has 2 amide bonds. The summed E-state index contributed by atoms with van der Waals surface area (Å²) in [5, 5.41) is 2.84. The van der Waals surface area contributed by atoms with Crippen molar-refractivity contribution < 1.29 is 9.59 Å². The number of carbonyl (C=O) groups is 2. The molecule has 1 aromatic heterocycles. The van der Waals surface area contributed by atoms with Crippen LogP contribution in [0.4, 0.5) is 0 Å². The van der Waals surface area contributed by atoms with Crippen LogP contribution in [0.5, 0.6) is 0 Å². The van der Waals surface area contributed by atoms with Crippen LogP contribution in [0.15, 0.2) is 24.5 Å². The Morgan fingerprint density at radius 2 is 2.16 bits per heavy atom. The minimum absolute atomic E-state index is 0.00821. The smallest absolute Gasteiger partial charge is 0.255 e. The van der Waals surface area contributed by atoms with Gasteiger partial charge in [-0.2, -0.15) is 0 Å². The third kappa shape index (κ3) is 3.77. The molecule has 2 heterocycles. The fourth-order valence-electron chi connectivity index (χ4n) is 2.30. The Kier molecular flexibility index (Phi) is 4.49. The third-order valence-corrected chi connectivity index (χ3v) is 3.45. The van der Waals surface area contributed by atoms with Crippen molar-refractivity contribution in [3.63, 3.8) is 0 Å². The second-order valence-electron chi connectivity index (χ2n) is 4.91. The number of likely N-dealkylation sites (tertiary alicyclic amines) is 1. The number of carbonyl (C=O) groups excluding carboxylic acids is 2. The van der Waals surface area contributed by atoms with Crippen molar-refractivity contribution in [2.45, 2.75) is 19.8 Å². The Bertz CT molecular complexity index is 439. The van der Waals surface area contributed by atoms with Gasteiger partial charge in [0.2, 0.25) is 5.91 Å². The van der Waals surface area contributed by atoms with E-state index in [0.717, 1.165) is 25.9 Å². The molecule has 0 bridgehead atoms. The number of aromatic nitrogens is 1. The summed E-state index contributed by atoms with van der Waals surface area (Å²) < 4.78 is 0. The highest BCUT2D eigenvalue weighted by Gasteiger charge is 2.23. The first kappa shape index (κ1) is 13.5. The van der Waals surface area contributed by atoms with Crippen LogP contribution in [0, 0.1) is 5.92 Å². The standard InChI is InChI=1S/C14H19N3O2/c1-11(18)16-9-12-4-7-17(8-5-12)14(19)13-3-2-6-15-10-13/h2-3,6,10,12H,4-5,7-9H2,1H3,(H,16,18). The zero-order valence-corrected chi connectivity index (χ0v) is 11.1. The van der Waals surface area contributed by atoms with Gasteiger partial charge in [0.05, 0.1) is 5.56 Å². The van der Waals surface area contributed by atoms with E-state index in [1.807, 2.05) is 4.90 Å². The normalized spacial score (nSPS) is 16.2. The van der Waals surface area contributed by atoms with Gasteiger partial charge in [0.15, 0.2) is 0 Å². The van der Waals surface area contributed by atoms with Crippen molar-refractivity contribution in [1.29, 1.82) is 0 Å². The van der Waals surface area contributed by atoms with Gasteiger partial charge < -0.3 is 10.2 Å². The highest BCUT2D eigenvalue weighted by atomic mass is 16.2. The minimum atomic E-state index is 0.00821.